The lowest BCUT2D eigenvalue weighted by molar-refractivity contribution is -0.127. The molecule has 0 bridgehead atoms. The largest absolute Gasteiger partial charge is 0.404 e. The first kappa shape index (κ1) is 26.1. The monoisotopic (exact) mass is 457 g/mol. The molecule has 2 atom stereocenters. The van der Waals surface area contributed by atoms with Crippen LogP contribution in [0.5, 0.6) is 0 Å². The number of amides is 1. The molecule has 1 aromatic carbocycles. The molecule has 1 aliphatic carbocycles. The number of likely N-dealkylation sites (N-methyl/N-ethyl adjacent to an activating group) is 1. The summed E-state index contributed by atoms with van der Waals surface area (Å²) < 4.78 is 28.8. The van der Waals surface area contributed by atoms with Crippen molar-refractivity contribution in [2.75, 3.05) is 20.6 Å². The first-order valence-electron chi connectivity index (χ1n) is 10.8. The molecule has 0 aliphatic heterocycles. The maximum Gasteiger partial charge on any atom is 0.256 e. The Bertz CT molecular complexity index is 1010. The number of allylic oxidation sites excluding steroid dienone is 2. The summed E-state index contributed by atoms with van der Waals surface area (Å²) >= 11 is 0. The van der Waals surface area contributed by atoms with E-state index in [1.165, 1.54) is 25.2 Å². The summed E-state index contributed by atoms with van der Waals surface area (Å²) in [6.07, 6.45) is 5.30. The van der Waals surface area contributed by atoms with Crippen molar-refractivity contribution in [3.63, 3.8) is 0 Å². The Morgan fingerprint density at radius 3 is 2.45 bits per heavy atom. The third kappa shape index (κ3) is 5.10. The van der Waals surface area contributed by atoms with E-state index in [0.29, 0.717) is 12.1 Å². The third-order valence-electron chi connectivity index (χ3n) is 7.12. The Morgan fingerprint density at radius 1 is 1.33 bits per heavy atom. The van der Waals surface area contributed by atoms with Crippen LogP contribution in [0.3, 0.4) is 0 Å². The van der Waals surface area contributed by atoms with Crippen LogP contribution in [0.4, 0.5) is 8.78 Å². The Balaban J connectivity index is 2.35. The minimum absolute atomic E-state index is 0.00449. The first-order valence-corrected chi connectivity index (χ1v) is 10.8. The summed E-state index contributed by atoms with van der Waals surface area (Å²) in [5.41, 5.74) is 5.58. The average Bonchev–Trinajstić information content (AvgIpc) is 2.97. The Labute approximate surface area is 194 Å². The van der Waals surface area contributed by atoms with Crippen LogP contribution < -0.4 is 5.73 Å². The fourth-order valence-electron chi connectivity index (χ4n) is 4.77. The fourth-order valence-corrected chi connectivity index (χ4v) is 4.77. The second kappa shape index (κ2) is 10.2. The highest BCUT2D eigenvalue weighted by Gasteiger charge is 2.52. The van der Waals surface area contributed by atoms with Crippen LogP contribution in [0.1, 0.15) is 39.2 Å². The van der Waals surface area contributed by atoms with E-state index in [9.17, 15) is 13.6 Å². The summed E-state index contributed by atoms with van der Waals surface area (Å²) in [6, 6.07) is 3.67. The molecule has 1 amide bonds. The molecule has 0 heterocycles. The van der Waals surface area contributed by atoms with Crippen LogP contribution in [0.15, 0.2) is 58.4 Å². The number of carbonyl (C=O) groups excluding carboxylic acids is 1. The minimum atomic E-state index is -0.716. The van der Waals surface area contributed by atoms with Gasteiger partial charge in [-0.1, -0.05) is 33.4 Å². The van der Waals surface area contributed by atoms with Crippen molar-refractivity contribution in [2.45, 2.75) is 33.6 Å². The van der Waals surface area contributed by atoms with Gasteiger partial charge < -0.3 is 16.0 Å². The van der Waals surface area contributed by atoms with Crippen molar-refractivity contribution in [3.8, 4) is 0 Å². The van der Waals surface area contributed by atoms with Crippen LogP contribution in [0.2, 0.25) is 0 Å². The van der Waals surface area contributed by atoms with Crippen molar-refractivity contribution < 1.29 is 13.6 Å². The summed E-state index contributed by atoms with van der Waals surface area (Å²) in [7, 11) is 3.14. The number of rotatable bonds is 8. The van der Waals surface area contributed by atoms with Crippen LogP contribution in [-0.4, -0.2) is 37.7 Å². The van der Waals surface area contributed by atoms with Crippen molar-refractivity contribution in [1.82, 2.24) is 4.90 Å². The van der Waals surface area contributed by atoms with Gasteiger partial charge in [0, 0.05) is 33.1 Å². The molecular formula is C25H33F2N5O. The normalized spacial score (nSPS) is 23.1. The molecule has 0 aromatic heterocycles. The van der Waals surface area contributed by atoms with Crippen LogP contribution >= 0.6 is 0 Å². The van der Waals surface area contributed by atoms with Crippen LogP contribution in [0, 0.1) is 33.8 Å². The standard InChI is InChI=1S/C25H33F2N5O/c1-16(12-21(31-30-5)22-19(26)8-7-9-20(22)27)18-10-11-25(4,24(18,2)3)15-32(6)23(33)17(13-28)14-29/h7-9,12-14,18,28H,1,10-11,15,29H2,2-6H3/b17-14+,21-12-,28-13?,31-30-/t18-,25-/m0/s1. The number of nitrogens with zero attached hydrogens (tertiary/aromatic N) is 3. The van der Waals surface area contributed by atoms with Gasteiger partial charge in [-0.3, -0.25) is 4.79 Å². The molecule has 0 unspecified atom stereocenters. The first-order chi connectivity index (χ1) is 15.4. The smallest absolute Gasteiger partial charge is 0.256 e. The van der Waals surface area contributed by atoms with Gasteiger partial charge in [0.25, 0.3) is 5.91 Å². The third-order valence-corrected chi connectivity index (χ3v) is 7.12. The van der Waals surface area contributed by atoms with Crippen LogP contribution in [-0.2, 0) is 4.79 Å². The quantitative estimate of drug-likeness (QED) is 0.239. The van der Waals surface area contributed by atoms with E-state index in [-0.39, 0.29) is 39.5 Å². The van der Waals surface area contributed by atoms with Gasteiger partial charge in [0.05, 0.1) is 16.8 Å². The molecule has 0 saturated heterocycles. The Hall–Kier alpha value is -3.16. The van der Waals surface area contributed by atoms with Gasteiger partial charge in [-0.05, 0) is 53.4 Å². The van der Waals surface area contributed by atoms with Gasteiger partial charge in [-0.2, -0.15) is 10.2 Å². The van der Waals surface area contributed by atoms with Crippen molar-refractivity contribution >= 4 is 17.8 Å². The zero-order valence-corrected chi connectivity index (χ0v) is 20.0. The Kier molecular flexibility index (Phi) is 8.06. The number of nitrogens with one attached hydrogen (secondary N) is 1. The molecular weight excluding hydrogens is 424 g/mol. The molecule has 33 heavy (non-hydrogen) atoms. The predicted molar refractivity (Wildman–Crippen MR) is 128 cm³/mol. The molecule has 3 N–H and O–H groups in total. The van der Waals surface area contributed by atoms with E-state index in [2.05, 4.69) is 37.6 Å². The maximum absolute atomic E-state index is 14.4. The van der Waals surface area contributed by atoms with E-state index in [4.69, 9.17) is 11.1 Å². The van der Waals surface area contributed by atoms with E-state index in [0.717, 1.165) is 25.3 Å². The molecule has 178 valence electrons. The minimum Gasteiger partial charge on any atom is -0.404 e. The molecule has 2 rings (SSSR count). The SMILES string of the molecule is C=C(/C=C(\N=N/C)c1c(F)cccc1F)[C@@H]1CC[C@@](C)(CN(C)C(=O)/C(C=N)=C/N)C1(C)C. The molecule has 0 spiro atoms. The van der Waals surface area contributed by atoms with Gasteiger partial charge in [0.2, 0.25) is 0 Å². The topological polar surface area (TPSA) is 94.9 Å². The van der Waals surface area contributed by atoms with Crippen LogP contribution in [0.25, 0.3) is 5.70 Å². The highest BCUT2D eigenvalue weighted by atomic mass is 19.1. The lowest BCUT2D eigenvalue weighted by atomic mass is 9.64. The van der Waals surface area contributed by atoms with Gasteiger partial charge in [0.1, 0.15) is 11.6 Å². The van der Waals surface area contributed by atoms with E-state index >= 15 is 0 Å². The molecule has 1 saturated carbocycles. The molecule has 1 aliphatic rings. The lowest BCUT2D eigenvalue weighted by Gasteiger charge is -2.44. The summed E-state index contributed by atoms with van der Waals surface area (Å²) in [5, 5.41) is 15.1. The summed E-state index contributed by atoms with van der Waals surface area (Å²) in [6.45, 7) is 11.0. The summed E-state index contributed by atoms with van der Waals surface area (Å²) in [5.74, 6) is -1.75. The van der Waals surface area contributed by atoms with E-state index in [1.807, 2.05) is 0 Å². The maximum atomic E-state index is 14.4. The van der Waals surface area contributed by atoms with Crippen molar-refractivity contribution in [2.24, 2.45) is 32.7 Å². The zero-order chi connectivity index (χ0) is 25.0. The number of halogens is 2. The molecule has 0 radical (unpaired) electrons. The van der Waals surface area contributed by atoms with Gasteiger partial charge >= 0.3 is 0 Å². The lowest BCUT2D eigenvalue weighted by Crippen LogP contribution is -2.45. The molecule has 1 fully saturated rings. The molecule has 8 heteroatoms. The highest BCUT2D eigenvalue weighted by molar-refractivity contribution is 6.11. The molecule has 1 aromatic rings. The predicted octanol–water partition coefficient (Wildman–Crippen LogP) is 5.34. The fraction of sp³-hybridized carbons (Fsp3) is 0.440. The van der Waals surface area contributed by atoms with E-state index in [1.54, 1.807) is 18.0 Å². The average molecular weight is 458 g/mol. The Morgan fingerprint density at radius 2 is 1.94 bits per heavy atom. The highest BCUT2D eigenvalue weighted by Crippen LogP contribution is 2.58. The number of hydrogen-bond acceptors (Lipinski definition) is 5. The number of nitrogens with two attached hydrogens (primary N) is 1. The summed E-state index contributed by atoms with van der Waals surface area (Å²) in [4.78, 5) is 14.2. The second-order valence-corrected chi connectivity index (χ2v) is 9.30. The van der Waals surface area contributed by atoms with E-state index < -0.39 is 11.6 Å². The van der Waals surface area contributed by atoms with Gasteiger partial charge in [-0.15, -0.1) is 0 Å². The van der Waals surface area contributed by atoms with Gasteiger partial charge in [-0.25, -0.2) is 8.78 Å². The zero-order valence-electron chi connectivity index (χ0n) is 20.0. The number of azo groups is 1. The number of benzene rings is 1. The van der Waals surface area contributed by atoms with Gasteiger partial charge in [0.15, 0.2) is 0 Å². The number of hydrogen-bond donors (Lipinski definition) is 2. The number of carbonyl (C=O) groups is 1. The molecule has 6 nitrogen and oxygen atoms in total. The van der Waals surface area contributed by atoms with Crippen molar-refractivity contribution in [3.05, 3.63) is 65.4 Å². The second-order valence-electron chi connectivity index (χ2n) is 9.30. The van der Waals surface area contributed by atoms with Crippen molar-refractivity contribution in [1.29, 1.82) is 5.41 Å².